The van der Waals surface area contributed by atoms with Crippen molar-refractivity contribution >= 4 is 29.1 Å². The predicted octanol–water partition coefficient (Wildman–Crippen LogP) is 2.39. The van der Waals surface area contributed by atoms with E-state index < -0.39 is 17.4 Å². The van der Waals surface area contributed by atoms with E-state index in [1.165, 1.54) is 41.2 Å². The van der Waals surface area contributed by atoms with Crippen LogP contribution >= 0.6 is 0 Å². The summed E-state index contributed by atoms with van der Waals surface area (Å²) in [6, 6.07) is 12.1. The molecule has 0 radical (unpaired) electrons. The van der Waals surface area contributed by atoms with Gasteiger partial charge in [0.1, 0.15) is 5.82 Å². The van der Waals surface area contributed by atoms with E-state index in [2.05, 4.69) is 5.32 Å². The van der Waals surface area contributed by atoms with Crippen LogP contribution in [0.5, 0.6) is 0 Å². The Morgan fingerprint density at radius 1 is 1.17 bits per heavy atom. The number of carbonyl (C=O) groups excluding carboxylic acids is 3. The van der Waals surface area contributed by atoms with Gasteiger partial charge in [-0.2, -0.15) is 0 Å². The molecule has 2 aliphatic heterocycles. The number of halogens is 1. The second-order valence-corrected chi connectivity index (χ2v) is 6.97. The van der Waals surface area contributed by atoms with Crippen LogP contribution in [0, 0.1) is 5.82 Å². The Morgan fingerprint density at radius 3 is 2.62 bits per heavy atom. The van der Waals surface area contributed by atoms with Gasteiger partial charge >= 0.3 is 0 Å². The van der Waals surface area contributed by atoms with E-state index in [0.29, 0.717) is 16.9 Å². The van der Waals surface area contributed by atoms with E-state index in [4.69, 9.17) is 4.74 Å². The molecule has 1 N–H and O–H groups in total. The molecule has 0 aliphatic carbocycles. The normalized spacial score (nSPS) is 20.5. The maximum atomic E-state index is 13.5. The zero-order chi connectivity index (χ0) is 20.6. The third kappa shape index (κ3) is 2.96. The molecular formula is C21H20FN3O4. The quantitative estimate of drug-likeness (QED) is 0.840. The van der Waals surface area contributed by atoms with Crippen LogP contribution in [0.2, 0.25) is 0 Å². The summed E-state index contributed by atoms with van der Waals surface area (Å²) in [5.74, 6) is -1.52. The number of para-hydroxylation sites is 1. The number of nitrogens with zero attached hydrogens (tertiary/aromatic N) is 2. The number of nitrogens with one attached hydrogen (secondary N) is 1. The van der Waals surface area contributed by atoms with Crippen molar-refractivity contribution in [1.29, 1.82) is 0 Å². The van der Waals surface area contributed by atoms with Crippen LogP contribution in [0.25, 0.3) is 0 Å². The Labute approximate surface area is 167 Å². The minimum absolute atomic E-state index is 0.127. The predicted molar refractivity (Wildman–Crippen MR) is 104 cm³/mol. The van der Waals surface area contributed by atoms with E-state index in [1.54, 1.807) is 24.3 Å². The number of amides is 3. The van der Waals surface area contributed by atoms with Crippen LogP contribution in [0.3, 0.4) is 0 Å². The third-order valence-electron chi connectivity index (χ3n) is 5.36. The summed E-state index contributed by atoms with van der Waals surface area (Å²) in [5.41, 5.74) is -0.342. The molecule has 2 aromatic rings. The first-order chi connectivity index (χ1) is 14.0. The molecule has 2 aromatic carbocycles. The van der Waals surface area contributed by atoms with Crippen LogP contribution in [-0.2, 0) is 14.3 Å². The lowest BCUT2D eigenvalue weighted by Crippen LogP contribution is -2.69. The van der Waals surface area contributed by atoms with Gasteiger partial charge in [-0.3, -0.25) is 19.3 Å². The van der Waals surface area contributed by atoms with Crippen molar-refractivity contribution in [3.63, 3.8) is 0 Å². The van der Waals surface area contributed by atoms with Crippen LogP contribution in [-0.4, -0.2) is 48.5 Å². The van der Waals surface area contributed by atoms with Crippen molar-refractivity contribution in [2.75, 3.05) is 30.5 Å². The number of fused-ring (bicyclic) bond motifs is 3. The van der Waals surface area contributed by atoms with Crippen molar-refractivity contribution < 1.29 is 23.5 Å². The fourth-order valence-electron chi connectivity index (χ4n) is 4.03. The summed E-state index contributed by atoms with van der Waals surface area (Å²) in [5, 5.41) is 2.75. The molecule has 8 heteroatoms. The van der Waals surface area contributed by atoms with Gasteiger partial charge in [-0.25, -0.2) is 4.39 Å². The molecule has 0 unspecified atom stereocenters. The van der Waals surface area contributed by atoms with Crippen LogP contribution in [0.15, 0.2) is 48.5 Å². The largest absolute Gasteiger partial charge is 0.383 e. The maximum Gasteiger partial charge on any atom is 0.271 e. The molecule has 0 saturated carbocycles. The Morgan fingerprint density at radius 2 is 1.90 bits per heavy atom. The first-order valence-electron chi connectivity index (χ1n) is 9.29. The summed E-state index contributed by atoms with van der Waals surface area (Å²) in [7, 11) is 1.51. The van der Waals surface area contributed by atoms with E-state index in [1.807, 2.05) is 0 Å². The molecule has 2 aliphatic rings. The summed E-state index contributed by atoms with van der Waals surface area (Å²) >= 11 is 0. The topological polar surface area (TPSA) is 79.0 Å². The fourth-order valence-corrected chi connectivity index (χ4v) is 4.03. The molecule has 1 atom stereocenters. The number of hydrogen-bond acceptors (Lipinski definition) is 4. The highest BCUT2D eigenvalue weighted by atomic mass is 19.1. The standard InChI is InChI=1S/C21H20FN3O4/c1-29-13-12-24-19(27)16-4-2-3-5-17(16)25-18(26)10-11-21(24,25)20(28)23-15-8-6-14(22)7-9-15/h2-9H,10-13H2,1H3,(H,23,28)/t21-/m0/s1. The summed E-state index contributed by atoms with van der Waals surface area (Å²) in [6.45, 7) is 0.353. The first kappa shape index (κ1) is 19.1. The van der Waals surface area contributed by atoms with Gasteiger partial charge in [0.2, 0.25) is 11.6 Å². The molecule has 7 nitrogen and oxygen atoms in total. The lowest BCUT2D eigenvalue weighted by Gasteiger charge is -2.49. The Kier molecular flexibility index (Phi) is 4.79. The number of benzene rings is 2. The highest BCUT2D eigenvalue weighted by Crippen LogP contribution is 2.44. The lowest BCUT2D eigenvalue weighted by molar-refractivity contribution is -0.129. The van der Waals surface area contributed by atoms with Gasteiger partial charge in [0.05, 0.1) is 17.9 Å². The molecule has 29 heavy (non-hydrogen) atoms. The fraction of sp³-hybridized carbons (Fsp3) is 0.286. The SMILES string of the molecule is COCCN1C(=O)c2ccccc2N2C(=O)CC[C@]12C(=O)Nc1ccc(F)cc1. The Bertz CT molecular complexity index is 978. The van der Waals surface area contributed by atoms with Crippen molar-refractivity contribution in [3.8, 4) is 0 Å². The van der Waals surface area contributed by atoms with Crippen molar-refractivity contribution in [2.45, 2.75) is 18.5 Å². The molecule has 0 aromatic heterocycles. The van der Waals surface area contributed by atoms with E-state index in [9.17, 15) is 18.8 Å². The second-order valence-electron chi connectivity index (χ2n) is 6.97. The molecular weight excluding hydrogens is 377 g/mol. The lowest BCUT2D eigenvalue weighted by atomic mass is 9.95. The molecule has 0 bridgehead atoms. The molecule has 0 spiro atoms. The zero-order valence-electron chi connectivity index (χ0n) is 15.9. The van der Waals surface area contributed by atoms with Gasteiger partial charge in [0, 0.05) is 32.2 Å². The maximum absolute atomic E-state index is 13.5. The minimum atomic E-state index is -1.50. The van der Waals surface area contributed by atoms with Crippen LogP contribution in [0.1, 0.15) is 23.2 Å². The minimum Gasteiger partial charge on any atom is -0.383 e. The third-order valence-corrected chi connectivity index (χ3v) is 5.36. The van der Waals surface area contributed by atoms with Gasteiger partial charge in [-0.1, -0.05) is 12.1 Å². The highest BCUT2D eigenvalue weighted by molar-refractivity contribution is 6.18. The van der Waals surface area contributed by atoms with Crippen LogP contribution in [0.4, 0.5) is 15.8 Å². The molecule has 2 heterocycles. The molecule has 1 saturated heterocycles. The van der Waals surface area contributed by atoms with Gasteiger partial charge in [-0.05, 0) is 36.4 Å². The molecule has 4 rings (SSSR count). The highest BCUT2D eigenvalue weighted by Gasteiger charge is 2.60. The number of methoxy groups -OCH3 is 1. The molecule has 1 fully saturated rings. The average molecular weight is 397 g/mol. The number of rotatable bonds is 5. The number of anilines is 2. The molecule has 3 amide bonds. The second kappa shape index (κ2) is 7.29. The smallest absolute Gasteiger partial charge is 0.271 e. The monoisotopic (exact) mass is 397 g/mol. The van der Waals surface area contributed by atoms with Crippen molar-refractivity contribution in [1.82, 2.24) is 4.90 Å². The van der Waals surface area contributed by atoms with E-state index >= 15 is 0 Å². The Hall–Kier alpha value is -3.26. The van der Waals surface area contributed by atoms with Crippen molar-refractivity contribution in [3.05, 3.63) is 59.9 Å². The summed E-state index contributed by atoms with van der Waals surface area (Å²) in [4.78, 5) is 42.4. The van der Waals surface area contributed by atoms with E-state index in [-0.39, 0.29) is 37.8 Å². The van der Waals surface area contributed by atoms with Gasteiger partial charge in [0.25, 0.3) is 11.8 Å². The summed E-state index contributed by atoms with van der Waals surface area (Å²) < 4.78 is 18.4. The number of carbonyl (C=O) groups is 3. The summed E-state index contributed by atoms with van der Waals surface area (Å²) in [6.07, 6.45) is 0.282. The zero-order valence-corrected chi connectivity index (χ0v) is 15.9. The van der Waals surface area contributed by atoms with Crippen LogP contribution < -0.4 is 10.2 Å². The van der Waals surface area contributed by atoms with Gasteiger partial charge in [0.15, 0.2) is 0 Å². The van der Waals surface area contributed by atoms with E-state index in [0.717, 1.165) is 0 Å². The van der Waals surface area contributed by atoms with Gasteiger partial charge < -0.3 is 15.0 Å². The first-order valence-corrected chi connectivity index (χ1v) is 9.29. The number of hydrogen-bond donors (Lipinski definition) is 1. The van der Waals surface area contributed by atoms with Gasteiger partial charge in [-0.15, -0.1) is 0 Å². The van der Waals surface area contributed by atoms with Crippen molar-refractivity contribution in [2.24, 2.45) is 0 Å². The Balaban J connectivity index is 1.81. The number of ether oxygens (including phenoxy) is 1. The molecule has 150 valence electrons. The average Bonchev–Trinajstić information content (AvgIpc) is 3.08.